The Bertz CT molecular complexity index is 887. The number of nitrogens with one attached hydrogen (secondary N) is 3. The molecule has 9 heteroatoms. The molecule has 8 nitrogen and oxygen atoms in total. The van der Waals surface area contributed by atoms with E-state index in [4.69, 9.17) is 26.4 Å². The van der Waals surface area contributed by atoms with Crippen LogP contribution in [0, 0.1) is 5.92 Å². The second-order valence-electron chi connectivity index (χ2n) is 6.95. The van der Waals surface area contributed by atoms with Gasteiger partial charge >= 0.3 is 0 Å². The number of carbonyl (C=O) groups is 2. The number of rotatable bonds is 9. The maximum Gasteiger partial charge on any atom is 0.276 e. The molecule has 0 aromatic heterocycles. The molecule has 0 aliphatic rings. The average molecular weight is 446 g/mol. The number of carbonyl (C=O) groups excluding carboxylic acids is 2. The second-order valence-corrected chi connectivity index (χ2v) is 7.36. The predicted molar refractivity (Wildman–Crippen MR) is 121 cm³/mol. The molecule has 2 aromatic rings. The lowest BCUT2D eigenvalue weighted by atomic mass is 10.1. The number of para-hydroxylation sites is 2. The van der Waals surface area contributed by atoms with Crippen molar-refractivity contribution < 1.29 is 23.8 Å². The van der Waals surface area contributed by atoms with Crippen molar-refractivity contribution in [1.82, 2.24) is 16.2 Å². The minimum atomic E-state index is -0.481. The molecule has 0 saturated carbocycles. The van der Waals surface area contributed by atoms with E-state index in [0.29, 0.717) is 35.3 Å². The van der Waals surface area contributed by atoms with E-state index in [1.165, 1.54) is 7.11 Å². The number of hydrogen-bond acceptors (Lipinski definition) is 6. The molecule has 0 radical (unpaired) electrons. The maximum absolute atomic E-state index is 12.3. The van der Waals surface area contributed by atoms with Crippen LogP contribution < -0.4 is 30.4 Å². The zero-order chi connectivity index (χ0) is 22.6. The van der Waals surface area contributed by atoms with E-state index in [1.807, 2.05) is 0 Å². The first-order valence-electron chi connectivity index (χ1n) is 9.78. The van der Waals surface area contributed by atoms with E-state index in [1.54, 1.807) is 48.5 Å². The molecular weight excluding hydrogens is 418 g/mol. The molecule has 2 aromatic carbocycles. The number of methoxy groups -OCH3 is 1. The lowest BCUT2D eigenvalue weighted by molar-refractivity contribution is -0.123. The van der Waals surface area contributed by atoms with Crippen molar-refractivity contribution in [3.63, 3.8) is 0 Å². The van der Waals surface area contributed by atoms with Gasteiger partial charge in [-0.1, -0.05) is 26.0 Å². The summed E-state index contributed by atoms with van der Waals surface area (Å²) in [6.45, 7) is 4.62. The minimum Gasteiger partial charge on any atom is -0.494 e. The molecule has 0 bridgehead atoms. The van der Waals surface area contributed by atoms with Crippen LogP contribution in [0.4, 0.5) is 0 Å². The topological polar surface area (TPSA) is 97.9 Å². The average Bonchev–Trinajstić information content (AvgIpc) is 2.76. The fraction of sp³-hybridized carbons (Fsp3) is 0.318. The summed E-state index contributed by atoms with van der Waals surface area (Å²) in [5.74, 6) is 1.32. The van der Waals surface area contributed by atoms with Crippen LogP contribution in [0.15, 0.2) is 48.5 Å². The largest absolute Gasteiger partial charge is 0.494 e. The van der Waals surface area contributed by atoms with Gasteiger partial charge in [0, 0.05) is 5.56 Å². The fourth-order valence-corrected chi connectivity index (χ4v) is 2.51. The molecular formula is C22H27N3O5S. The van der Waals surface area contributed by atoms with Crippen molar-refractivity contribution in [3.05, 3.63) is 54.1 Å². The first kappa shape index (κ1) is 23.9. The van der Waals surface area contributed by atoms with Crippen molar-refractivity contribution in [3.8, 4) is 17.2 Å². The molecule has 0 unspecified atom stereocenters. The third-order valence-electron chi connectivity index (χ3n) is 4.05. The number of hydrogen-bond donors (Lipinski definition) is 3. The molecule has 0 fully saturated rings. The van der Waals surface area contributed by atoms with Crippen molar-refractivity contribution in [2.24, 2.45) is 5.92 Å². The SMILES string of the molecule is COc1ccccc1OCC(=O)NNC(=S)NC(=O)c1ccc(OCCC(C)C)cc1. The molecule has 0 aliphatic carbocycles. The number of thiocarbonyl (C=S) groups is 1. The van der Waals surface area contributed by atoms with Crippen molar-refractivity contribution in [2.75, 3.05) is 20.3 Å². The van der Waals surface area contributed by atoms with Crippen LogP contribution in [0.3, 0.4) is 0 Å². The standard InChI is InChI=1S/C22H27N3O5S/c1-15(2)12-13-29-17-10-8-16(9-11-17)21(27)23-22(31)25-24-20(26)14-30-19-7-5-4-6-18(19)28-3/h4-11,15H,12-14H2,1-3H3,(H,24,26)(H2,23,25,27,31). The molecule has 2 rings (SSSR count). The van der Waals surface area contributed by atoms with Gasteiger partial charge in [0.25, 0.3) is 11.8 Å². The van der Waals surface area contributed by atoms with Crippen LogP contribution in [0.2, 0.25) is 0 Å². The molecule has 166 valence electrons. The van der Waals surface area contributed by atoms with Gasteiger partial charge in [-0.15, -0.1) is 0 Å². The lowest BCUT2D eigenvalue weighted by Crippen LogP contribution is -2.49. The summed E-state index contributed by atoms with van der Waals surface area (Å²) in [6.07, 6.45) is 0.956. The Morgan fingerprint density at radius 3 is 2.29 bits per heavy atom. The van der Waals surface area contributed by atoms with E-state index in [-0.39, 0.29) is 11.7 Å². The summed E-state index contributed by atoms with van der Waals surface area (Å²) in [7, 11) is 1.51. The van der Waals surface area contributed by atoms with Gasteiger partial charge in [-0.3, -0.25) is 25.8 Å². The van der Waals surface area contributed by atoms with Gasteiger partial charge in [-0.2, -0.15) is 0 Å². The quantitative estimate of drug-likeness (QED) is 0.403. The van der Waals surface area contributed by atoms with E-state index in [2.05, 4.69) is 30.0 Å². The third-order valence-corrected chi connectivity index (χ3v) is 4.25. The highest BCUT2D eigenvalue weighted by molar-refractivity contribution is 7.80. The number of hydrazine groups is 1. The molecule has 3 N–H and O–H groups in total. The fourth-order valence-electron chi connectivity index (χ4n) is 2.37. The Kier molecular flexibility index (Phi) is 9.57. The summed E-state index contributed by atoms with van der Waals surface area (Å²) >= 11 is 5.03. The summed E-state index contributed by atoms with van der Waals surface area (Å²) in [5.41, 5.74) is 5.23. The Morgan fingerprint density at radius 1 is 0.968 bits per heavy atom. The molecule has 0 saturated heterocycles. The second kappa shape index (κ2) is 12.4. The predicted octanol–water partition coefficient (Wildman–Crippen LogP) is 2.83. The smallest absolute Gasteiger partial charge is 0.276 e. The van der Waals surface area contributed by atoms with E-state index < -0.39 is 11.8 Å². The number of ether oxygens (including phenoxy) is 3. The van der Waals surface area contributed by atoms with Crippen LogP contribution in [-0.2, 0) is 4.79 Å². The molecule has 2 amide bonds. The normalized spacial score (nSPS) is 10.2. The molecule has 0 spiro atoms. The molecule has 0 heterocycles. The Labute approximate surface area is 187 Å². The van der Waals surface area contributed by atoms with Gasteiger partial charge in [-0.05, 0) is 61.0 Å². The Hall–Kier alpha value is -3.33. The summed E-state index contributed by atoms with van der Waals surface area (Å²) in [4.78, 5) is 24.2. The summed E-state index contributed by atoms with van der Waals surface area (Å²) in [6, 6.07) is 13.7. The van der Waals surface area contributed by atoms with Crippen molar-refractivity contribution >= 4 is 29.1 Å². The van der Waals surface area contributed by atoms with E-state index in [9.17, 15) is 9.59 Å². The van der Waals surface area contributed by atoms with Crippen LogP contribution in [0.1, 0.15) is 30.6 Å². The first-order valence-corrected chi connectivity index (χ1v) is 10.2. The molecule has 0 aliphatic heterocycles. The maximum atomic E-state index is 12.3. The van der Waals surface area contributed by atoms with Crippen LogP contribution in [0.5, 0.6) is 17.2 Å². The number of benzene rings is 2. The number of amides is 2. The van der Waals surface area contributed by atoms with Gasteiger partial charge in [0.15, 0.2) is 23.2 Å². The highest BCUT2D eigenvalue weighted by atomic mass is 32.1. The van der Waals surface area contributed by atoms with Gasteiger partial charge < -0.3 is 14.2 Å². The highest BCUT2D eigenvalue weighted by Crippen LogP contribution is 2.25. The van der Waals surface area contributed by atoms with Crippen LogP contribution in [-0.4, -0.2) is 37.3 Å². The van der Waals surface area contributed by atoms with Gasteiger partial charge in [0.05, 0.1) is 13.7 Å². The van der Waals surface area contributed by atoms with Gasteiger partial charge in [0.2, 0.25) is 0 Å². The van der Waals surface area contributed by atoms with Crippen molar-refractivity contribution in [2.45, 2.75) is 20.3 Å². The van der Waals surface area contributed by atoms with Crippen LogP contribution >= 0.6 is 12.2 Å². The zero-order valence-electron chi connectivity index (χ0n) is 17.8. The van der Waals surface area contributed by atoms with E-state index in [0.717, 1.165) is 6.42 Å². The first-order chi connectivity index (χ1) is 14.9. The Morgan fingerprint density at radius 2 is 1.65 bits per heavy atom. The zero-order valence-corrected chi connectivity index (χ0v) is 18.6. The lowest BCUT2D eigenvalue weighted by Gasteiger charge is -2.13. The third kappa shape index (κ3) is 8.51. The van der Waals surface area contributed by atoms with Gasteiger partial charge in [-0.25, -0.2) is 0 Å². The monoisotopic (exact) mass is 445 g/mol. The summed E-state index contributed by atoms with van der Waals surface area (Å²) in [5, 5.41) is 2.44. The molecule has 31 heavy (non-hydrogen) atoms. The molecule has 0 atom stereocenters. The van der Waals surface area contributed by atoms with Crippen molar-refractivity contribution in [1.29, 1.82) is 0 Å². The van der Waals surface area contributed by atoms with E-state index >= 15 is 0 Å². The minimum absolute atomic E-state index is 0.0482. The highest BCUT2D eigenvalue weighted by Gasteiger charge is 2.10. The Balaban J connectivity index is 1.72. The van der Waals surface area contributed by atoms with Crippen LogP contribution in [0.25, 0.3) is 0 Å². The summed E-state index contributed by atoms with van der Waals surface area (Å²) < 4.78 is 16.2. The van der Waals surface area contributed by atoms with Gasteiger partial charge in [0.1, 0.15) is 5.75 Å².